The van der Waals surface area contributed by atoms with E-state index in [-0.39, 0.29) is 6.61 Å². The molecule has 0 aliphatic rings. The van der Waals surface area contributed by atoms with Crippen LogP contribution in [0, 0.1) is 0 Å². The first-order valence-electron chi connectivity index (χ1n) is 5.39. The molecule has 0 bridgehead atoms. The van der Waals surface area contributed by atoms with Crippen LogP contribution in [0.2, 0.25) is 0 Å². The van der Waals surface area contributed by atoms with E-state index in [9.17, 15) is 14.4 Å². The number of ether oxygens (including phenoxy) is 2. The van der Waals surface area contributed by atoms with E-state index in [1.54, 1.807) is 0 Å². The van der Waals surface area contributed by atoms with E-state index in [0.717, 1.165) is 0 Å². The van der Waals surface area contributed by atoms with E-state index < -0.39 is 46.3 Å². The number of alkyl halides is 4. The van der Waals surface area contributed by atoms with Gasteiger partial charge >= 0.3 is 11.9 Å². The highest BCUT2D eigenvalue weighted by Crippen LogP contribution is 2.25. The number of hydrogen-bond acceptors (Lipinski definition) is 7. The second-order valence-corrected chi connectivity index (χ2v) is 6.05. The van der Waals surface area contributed by atoms with Crippen LogP contribution >= 0.6 is 46.4 Å². The van der Waals surface area contributed by atoms with E-state index in [1.807, 2.05) is 0 Å². The molecular weight excluding hydrogens is 372 g/mol. The molecule has 0 aromatic heterocycles. The van der Waals surface area contributed by atoms with Gasteiger partial charge < -0.3 is 14.3 Å². The zero-order chi connectivity index (χ0) is 16.5. The standard InChI is InChI=1S/C10H11Cl4NO6/c1-2-19-9(18)8(6(16)3-11)15-21-4-7(17)20-5-10(12,13)14/h2-5H2,1H3. The SMILES string of the molecule is CCOC(=O)C(=NOCC(=O)OCC(Cl)(Cl)Cl)C(=O)CCl. The van der Waals surface area contributed by atoms with Crippen LogP contribution in [0.3, 0.4) is 0 Å². The highest BCUT2D eigenvalue weighted by atomic mass is 35.6. The van der Waals surface area contributed by atoms with Gasteiger partial charge in [0.1, 0.15) is 6.61 Å². The molecule has 21 heavy (non-hydrogen) atoms. The van der Waals surface area contributed by atoms with Crippen molar-refractivity contribution >= 4 is 69.8 Å². The molecule has 0 amide bonds. The number of oxime groups is 1. The fourth-order valence-corrected chi connectivity index (χ4v) is 1.11. The summed E-state index contributed by atoms with van der Waals surface area (Å²) in [6, 6.07) is 0. The van der Waals surface area contributed by atoms with Crippen molar-refractivity contribution in [1.29, 1.82) is 0 Å². The van der Waals surface area contributed by atoms with Crippen molar-refractivity contribution in [3.05, 3.63) is 0 Å². The third-order valence-corrected chi connectivity index (χ3v) is 2.16. The van der Waals surface area contributed by atoms with Crippen LogP contribution in [0.25, 0.3) is 0 Å². The third kappa shape index (κ3) is 9.73. The fraction of sp³-hybridized carbons (Fsp3) is 0.600. The Bertz CT molecular complexity index is 420. The molecule has 11 heteroatoms. The van der Waals surface area contributed by atoms with E-state index >= 15 is 0 Å². The summed E-state index contributed by atoms with van der Waals surface area (Å²) in [7, 11) is 0. The van der Waals surface area contributed by atoms with Crippen LogP contribution in [-0.2, 0) is 28.7 Å². The number of carbonyl (C=O) groups excluding carboxylic acids is 3. The molecule has 0 unspecified atom stereocenters. The van der Waals surface area contributed by atoms with Crippen LogP contribution in [0.5, 0.6) is 0 Å². The minimum atomic E-state index is -1.76. The Hall–Kier alpha value is -0.760. The molecule has 0 aliphatic heterocycles. The Morgan fingerprint density at radius 1 is 1.14 bits per heavy atom. The van der Waals surface area contributed by atoms with Gasteiger partial charge in [0.2, 0.25) is 21.9 Å². The van der Waals surface area contributed by atoms with Gasteiger partial charge in [-0.3, -0.25) is 4.79 Å². The van der Waals surface area contributed by atoms with Gasteiger partial charge in [-0.2, -0.15) is 0 Å². The molecule has 7 nitrogen and oxygen atoms in total. The van der Waals surface area contributed by atoms with Gasteiger partial charge in [0.25, 0.3) is 0 Å². The summed E-state index contributed by atoms with van der Waals surface area (Å²) in [4.78, 5) is 38.4. The number of carbonyl (C=O) groups is 3. The largest absolute Gasteiger partial charge is 0.461 e. The number of ketones is 1. The second kappa shape index (κ2) is 10.0. The van der Waals surface area contributed by atoms with Crippen molar-refractivity contribution in [3.8, 4) is 0 Å². The molecule has 0 aliphatic carbocycles. The van der Waals surface area contributed by atoms with E-state index in [0.29, 0.717) is 0 Å². The number of esters is 2. The summed E-state index contributed by atoms with van der Waals surface area (Å²) < 4.78 is 7.35. The van der Waals surface area contributed by atoms with E-state index in [1.165, 1.54) is 6.92 Å². The molecule has 0 radical (unpaired) electrons. The van der Waals surface area contributed by atoms with E-state index in [4.69, 9.17) is 46.4 Å². The first-order valence-corrected chi connectivity index (χ1v) is 7.06. The average Bonchev–Trinajstić information content (AvgIpc) is 2.40. The number of halogens is 4. The maximum Gasteiger partial charge on any atom is 0.364 e. The summed E-state index contributed by atoms with van der Waals surface area (Å²) in [5, 5.41) is 3.21. The fourth-order valence-electron chi connectivity index (χ4n) is 0.818. The summed E-state index contributed by atoms with van der Waals surface area (Å²) in [6.45, 7) is 0.377. The number of hydrogen-bond donors (Lipinski definition) is 0. The molecule has 0 heterocycles. The highest BCUT2D eigenvalue weighted by Gasteiger charge is 2.24. The van der Waals surface area contributed by atoms with Gasteiger partial charge in [0.05, 0.1) is 12.5 Å². The van der Waals surface area contributed by atoms with Gasteiger partial charge in [-0.15, -0.1) is 11.6 Å². The van der Waals surface area contributed by atoms with Crippen molar-refractivity contribution in [2.45, 2.75) is 10.7 Å². The minimum Gasteiger partial charge on any atom is -0.461 e. The lowest BCUT2D eigenvalue weighted by molar-refractivity contribution is -0.149. The molecular formula is C10H11Cl4NO6. The first kappa shape index (κ1) is 20.2. The molecule has 120 valence electrons. The van der Waals surface area contributed by atoms with Crippen molar-refractivity contribution in [2.24, 2.45) is 5.16 Å². The summed E-state index contributed by atoms with van der Waals surface area (Å²) in [5.74, 6) is -3.24. The maximum absolute atomic E-state index is 11.4. The zero-order valence-electron chi connectivity index (χ0n) is 10.7. The van der Waals surface area contributed by atoms with Gasteiger partial charge in [0, 0.05) is 0 Å². The quantitative estimate of drug-likeness (QED) is 0.208. The monoisotopic (exact) mass is 381 g/mol. The lowest BCUT2D eigenvalue weighted by Gasteiger charge is -2.10. The lowest BCUT2D eigenvalue weighted by atomic mass is 10.3. The predicted octanol–water partition coefficient (Wildman–Crippen LogP) is 1.64. The Morgan fingerprint density at radius 3 is 2.24 bits per heavy atom. The molecule has 0 aromatic carbocycles. The maximum atomic E-state index is 11.4. The van der Waals surface area contributed by atoms with Crippen LogP contribution in [0.4, 0.5) is 0 Å². The van der Waals surface area contributed by atoms with Crippen LogP contribution in [0.1, 0.15) is 6.92 Å². The second-order valence-electron chi connectivity index (χ2n) is 3.27. The van der Waals surface area contributed by atoms with Crippen LogP contribution in [0.15, 0.2) is 5.16 Å². The first-order chi connectivity index (χ1) is 9.71. The topological polar surface area (TPSA) is 91.3 Å². The minimum absolute atomic E-state index is 0.0265. The van der Waals surface area contributed by atoms with E-state index in [2.05, 4.69) is 19.5 Å². The Balaban J connectivity index is 4.47. The molecule has 0 rings (SSSR count). The molecule has 0 N–H and O–H groups in total. The van der Waals surface area contributed by atoms with Crippen LogP contribution in [-0.4, -0.2) is 52.9 Å². The molecule has 0 fully saturated rings. The van der Waals surface area contributed by atoms with Gasteiger partial charge in [-0.25, -0.2) is 9.59 Å². The molecule has 0 saturated heterocycles. The highest BCUT2D eigenvalue weighted by molar-refractivity contribution is 6.68. The number of rotatable bonds is 8. The van der Waals surface area contributed by atoms with Gasteiger partial charge in [-0.1, -0.05) is 40.0 Å². The molecule has 0 atom stereocenters. The Labute approximate surface area is 140 Å². The van der Waals surface area contributed by atoms with Crippen molar-refractivity contribution < 1.29 is 28.7 Å². The normalized spacial score (nSPS) is 11.8. The zero-order valence-corrected chi connectivity index (χ0v) is 13.8. The third-order valence-electron chi connectivity index (χ3n) is 1.59. The summed E-state index contributed by atoms with van der Waals surface area (Å²) in [6.07, 6.45) is 0. The number of nitrogens with zero attached hydrogens (tertiary/aromatic N) is 1. The smallest absolute Gasteiger partial charge is 0.364 e. The average molecular weight is 383 g/mol. The van der Waals surface area contributed by atoms with Crippen molar-refractivity contribution in [3.63, 3.8) is 0 Å². The van der Waals surface area contributed by atoms with Crippen molar-refractivity contribution in [1.82, 2.24) is 0 Å². The summed E-state index contributed by atoms with van der Waals surface area (Å²) in [5.41, 5.74) is -0.666. The Kier molecular flexibility index (Phi) is 9.68. The lowest BCUT2D eigenvalue weighted by Crippen LogP contribution is -2.28. The van der Waals surface area contributed by atoms with Gasteiger partial charge in [0.15, 0.2) is 0 Å². The molecule has 0 saturated carbocycles. The van der Waals surface area contributed by atoms with Crippen molar-refractivity contribution in [2.75, 3.05) is 25.7 Å². The summed E-state index contributed by atoms with van der Waals surface area (Å²) >= 11 is 21.4. The molecule has 0 spiro atoms. The Morgan fingerprint density at radius 2 is 1.76 bits per heavy atom. The number of Topliss-reactive ketones (excluding diaryl/α,β-unsaturated/α-hetero) is 1. The predicted molar refractivity (Wildman–Crippen MR) is 77.0 cm³/mol. The van der Waals surface area contributed by atoms with Gasteiger partial charge in [-0.05, 0) is 6.92 Å². The molecule has 0 aromatic rings. The van der Waals surface area contributed by atoms with Crippen LogP contribution < -0.4 is 0 Å².